The van der Waals surface area contributed by atoms with Crippen LogP contribution in [0, 0.1) is 11.8 Å². The quantitative estimate of drug-likeness (QED) is 0.565. The standard InChI is InChI=1S/C28H40N2O5S/c1-20-16-30(21(2)19-31)36(32,33)28-14-13-23(24-11-7-8-12-25(24)34-4)15-26(28)35-27(20)18-29(3)17-22-9-5-6-10-22/h7-8,11-15,20-22,27,31H,5-6,9-10,16-19H2,1-4H3/t20-,21+,27+/m1/s1. The van der Waals surface area contributed by atoms with Crippen molar-refractivity contribution in [3.05, 3.63) is 42.5 Å². The first-order chi connectivity index (χ1) is 17.2. The lowest BCUT2D eigenvalue weighted by atomic mass is 10.0. The maximum atomic E-state index is 13.8. The van der Waals surface area contributed by atoms with Gasteiger partial charge in [-0.2, -0.15) is 4.31 Å². The highest BCUT2D eigenvalue weighted by molar-refractivity contribution is 7.89. The van der Waals surface area contributed by atoms with E-state index >= 15 is 0 Å². The molecule has 0 amide bonds. The van der Waals surface area contributed by atoms with E-state index in [9.17, 15) is 13.5 Å². The molecular weight excluding hydrogens is 476 g/mol. The number of rotatable bonds is 8. The van der Waals surface area contributed by atoms with Gasteiger partial charge in [-0.1, -0.05) is 44.0 Å². The number of aliphatic hydroxyl groups is 1. The fraction of sp³-hybridized carbons (Fsp3) is 0.571. The zero-order chi connectivity index (χ0) is 25.9. The average molecular weight is 517 g/mol. The molecular formula is C28H40N2O5S. The molecule has 0 aromatic heterocycles. The number of benzene rings is 2. The third kappa shape index (κ3) is 5.72. The first-order valence-corrected chi connectivity index (χ1v) is 14.4. The minimum Gasteiger partial charge on any atom is -0.496 e. The second kappa shape index (κ2) is 11.5. The molecule has 0 saturated heterocycles. The number of likely N-dealkylation sites (N-methyl/N-ethyl adjacent to an activating group) is 1. The number of nitrogens with zero attached hydrogens (tertiary/aromatic N) is 2. The van der Waals surface area contributed by atoms with Crippen LogP contribution in [0.3, 0.4) is 0 Å². The Morgan fingerprint density at radius 1 is 1.17 bits per heavy atom. The fourth-order valence-corrected chi connectivity index (χ4v) is 7.34. The van der Waals surface area contributed by atoms with Crippen LogP contribution in [0.15, 0.2) is 47.4 Å². The zero-order valence-corrected chi connectivity index (χ0v) is 22.7. The number of ether oxygens (including phenoxy) is 2. The van der Waals surface area contributed by atoms with Crippen LogP contribution in [0.5, 0.6) is 11.5 Å². The normalized spacial score (nSPS) is 23.5. The van der Waals surface area contributed by atoms with E-state index in [2.05, 4.69) is 11.9 Å². The smallest absolute Gasteiger partial charge is 0.247 e. The van der Waals surface area contributed by atoms with Crippen molar-refractivity contribution in [2.24, 2.45) is 11.8 Å². The Hall–Kier alpha value is -2.13. The zero-order valence-electron chi connectivity index (χ0n) is 21.9. The number of hydrogen-bond donors (Lipinski definition) is 1. The van der Waals surface area contributed by atoms with Gasteiger partial charge < -0.3 is 19.5 Å². The summed E-state index contributed by atoms with van der Waals surface area (Å²) < 4.78 is 41.1. The Balaban J connectivity index is 1.73. The number of aliphatic hydroxyl groups excluding tert-OH is 1. The second-order valence-corrected chi connectivity index (χ2v) is 12.3. The lowest BCUT2D eigenvalue weighted by Crippen LogP contribution is -2.49. The third-order valence-electron chi connectivity index (χ3n) is 7.62. The summed E-state index contributed by atoms with van der Waals surface area (Å²) in [4.78, 5) is 2.47. The van der Waals surface area contributed by atoms with Crippen molar-refractivity contribution >= 4 is 10.0 Å². The molecule has 1 N–H and O–H groups in total. The molecule has 7 nitrogen and oxygen atoms in total. The van der Waals surface area contributed by atoms with E-state index in [1.54, 1.807) is 26.2 Å². The molecule has 8 heteroatoms. The van der Waals surface area contributed by atoms with Crippen molar-refractivity contribution in [1.29, 1.82) is 0 Å². The van der Waals surface area contributed by atoms with Crippen LogP contribution in [0.2, 0.25) is 0 Å². The molecule has 1 saturated carbocycles. The van der Waals surface area contributed by atoms with E-state index in [0.29, 0.717) is 24.6 Å². The first kappa shape index (κ1) is 26.9. The van der Waals surface area contributed by atoms with Gasteiger partial charge in [0.05, 0.1) is 13.7 Å². The van der Waals surface area contributed by atoms with Crippen LogP contribution in [-0.2, 0) is 10.0 Å². The molecule has 1 aliphatic heterocycles. The molecule has 2 aromatic rings. The lowest BCUT2D eigenvalue weighted by Gasteiger charge is -2.38. The Labute approximate surface area is 216 Å². The van der Waals surface area contributed by atoms with E-state index in [0.717, 1.165) is 23.6 Å². The van der Waals surface area contributed by atoms with E-state index in [1.165, 1.54) is 30.0 Å². The van der Waals surface area contributed by atoms with Crippen LogP contribution >= 0.6 is 0 Å². The Morgan fingerprint density at radius 2 is 1.89 bits per heavy atom. The van der Waals surface area contributed by atoms with Gasteiger partial charge in [0.25, 0.3) is 0 Å². The minimum absolute atomic E-state index is 0.0668. The number of methoxy groups -OCH3 is 1. The van der Waals surface area contributed by atoms with Crippen LogP contribution in [0.1, 0.15) is 39.5 Å². The highest BCUT2D eigenvalue weighted by atomic mass is 32.2. The molecule has 1 aliphatic carbocycles. The molecule has 3 atom stereocenters. The largest absolute Gasteiger partial charge is 0.496 e. The average Bonchev–Trinajstić information content (AvgIpc) is 3.38. The van der Waals surface area contributed by atoms with Gasteiger partial charge in [-0.3, -0.25) is 0 Å². The van der Waals surface area contributed by atoms with Crippen molar-refractivity contribution in [3.8, 4) is 22.6 Å². The lowest BCUT2D eigenvalue weighted by molar-refractivity contribution is 0.0712. The number of hydrogen-bond acceptors (Lipinski definition) is 6. The Bertz CT molecular complexity index is 1130. The SMILES string of the molecule is COc1ccccc1-c1ccc2c(c1)O[C@@H](CN(C)CC1CCCC1)[C@H](C)CN([C@@H](C)CO)S2(=O)=O. The topological polar surface area (TPSA) is 79.3 Å². The maximum Gasteiger partial charge on any atom is 0.247 e. The van der Waals surface area contributed by atoms with Crippen molar-refractivity contribution < 1.29 is 23.0 Å². The molecule has 4 rings (SSSR count). The van der Waals surface area contributed by atoms with Crippen molar-refractivity contribution in [3.63, 3.8) is 0 Å². The van der Waals surface area contributed by atoms with Gasteiger partial charge >= 0.3 is 0 Å². The Morgan fingerprint density at radius 3 is 2.58 bits per heavy atom. The molecule has 2 aromatic carbocycles. The molecule has 0 radical (unpaired) electrons. The summed E-state index contributed by atoms with van der Waals surface area (Å²) in [6.45, 7) is 5.56. The Kier molecular flexibility index (Phi) is 8.60. The monoisotopic (exact) mass is 516 g/mol. The van der Waals surface area contributed by atoms with Gasteiger partial charge in [-0.15, -0.1) is 0 Å². The molecule has 36 heavy (non-hydrogen) atoms. The fourth-order valence-electron chi connectivity index (χ4n) is 5.51. The van der Waals surface area contributed by atoms with Gasteiger partial charge in [0.1, 0.15) is 22.5 Å². The van der Waals surface area contributed by atoms with Crippen molar-refractivity contribution in [2.45, 2.75) is 56.6 Å². The van der Waals surface area contributed by atoms with Gasteiger partial charge in [0.2, 0.25) is 10.0 Å². The summed E-state index contributed by atoms with van der Waals surface area (Å²) in [6.07, 6.45) is 4.96. The summed E-state index contributed by atoms with van der Waals surface area (Å²) in [5.41, 5.74) is 1.70. The van der Waals surface area contributed by atoms with Gasteiger partial charge in [-0.25, -0.2) is 8.42 Å². The molecule has 1 fully saturated rings. The summed E-state index contributed by atoms with van der Waals surface area (Å²) in [5.74, 6) is 1.71. The predicted molar refractivity (Wildman–Crippen MR) is 142 cm³/mol. The maximum absolute atomic E-state index is 13.8. The van der Waals surface area contributed by atoms with E-state index < -0.39 is 16.1 Å². The predicted octanol–water partition coefficient (Wildman–Crippen LogP) is 4.25. The van der Waals surface area contributed by atoms with Gasteiger partial charge in [0, 0.05) is 37.2 Å². The highest BCUT2D eigenvalue weighted by Gasteiger charge is 2.38. The van der Waals surface area contributed by atoms with E-state index in [-0.39, 0.29) is 23.5 Å². The van der Waals surface area contributed by atoms with Crippen LogP contribution in [0.4, 0.5) is 0 Å². The summed E-state index contributed by atoms with van der Waals surface area (Å²) in [5, 5.41) is 9.88. The van der Waals surface area contributed by atoms with Crippen LogP contribution in [0.25, 0.3) is 11.1 Å². The molecule has 1 heterocycles. The third-order valence-corrected chi connectivity index (χ3v) is 9.64. The molecule has 0 bridgehead atoms. The van der Waals surface area contributed by atoms with Crippen molar-refractivity contribution in [2.75, 3.05) is 40.4 Å². The van der Waals surface area contributed by atoms with Crippen molar-refractivity contribution in [1.82, 2.24) is 9.21 Å². The minimum atomic E-state index is -3.87. The molecule has 198 valence electrons. The number of para-hydroxylation sites is 1. The molecule has 0 spiro atoms. The number of fused-ring (bicyclic) bond motifs is 1. The van der Waals surface area contributed by atoms with E-state index in [4.69, 9.17) is 9.47 Å². The highest BCUT2D eigenvalue weighted by Crippen LogP contribution is 2.38. The second-order valence-electron chi connectivity index (χ2n) is 10.5. The summed E-state index contributed by atoms with van der Waals surface area (Å²) in [6, 6.07) is 12.4. The van der Waals surface area contributed by atoms with Crippen LogP contribution in [-0.4, -0.2) is 75.3 Å². The van der Waals surface area contributed by atoms with Gasteiger partial charge in [0.15, 0.2) is 0 Å². The van der Waals surface area contributed by atoms with Crippen LogP contribution < -0.4 is 9.47 Å². The summed E-state index contributed by atoms with van der Waals surface area (Å²) >= 11 is 0. The molecule has 0 unspecified atom stereocenters. The van der Waals surface area contributed by atoms with E-state index in [1.807, 2.05) is 37.3 Å². The molecule has 2 aliphatic rings. The summed E-state index contributed by atoms with van der Waals surface area (Å²) in [7, 11) is -0.115. The van der Waals surface area contributed by atoms with Gasteiger partial charge in [-0.05, 0) is 56.5 Å². The first-order valence-electron chi connectivity index (χ1n) is 13.0. The number of sulfonamides is 1.